The SMILES string of the molecule is C=C(C)O[Si](CC)(c1ccccc1)c1ccccc1. The normalized spacial score (nSPS) is 11.1. The van der Waals surface area contributed by atoms with Crippen molar-refractivity contribution in [3.63, 3.8) is 0 Å². The molecule has 0 N–H and O–H groups in total. The first-order valence-electron chi connectivity index (χ1n) is 6.64. The third-order valence-corrected chi connectivity index (χ3v) is 7.55. The zero-order valence-electron chi connectivity index (χ0n) is 11.6. The van der Waals surface area contributed by atoms with Gasteiger partial charge in [-0.15, -0.1) is 0 Å². The number of hydrogen-bond donors (Lipinski definition) is 0. The van der Waals surface area contributed by atoms with Gasteiger partial charge in [0.1, 0.15) is 0 Å². The van der Waals surface area contributed by atoms with Crippen molar-refractivity contribution in [3.8, 4) is 0 Å². The summed E-state index contributed by atoms with van der Waals surface area (Å²) in [5.74, 6) is 0.793. The van der Waals surface area contributed by atoms with Crippen molar-refractivity contribution < 1.29 is 4.43 Å². The van der Waals surface area contributed by atoms with Crippen LogP contribution < -0.4 is 10.4 Å². The van der Waals surface area contributed by atoms with Gasteiger partial charge in [0.25, 0.3) is 0 Å². The zero-order chi connectivity index (χ0) is 13.7. The molecule has 0 atom stereocenters. The van der Waals surface area contributed by atoms with Crippen molar-refractivity contribution in [2.24, 2.45) is 0 Å². The Morgan fingerprint density at radius 2 is 1.37 bits per heavy atom. The largest absolute Gasteiger partial charge is 0.539 e. The van der Waals surface area contributed by atoms with Gasteiger partial charge in [-0.05, 0) is 23.3 Å². The maximum atomic E-state index is 6.30. The Balaban J connectivity index is 2.58. The van der Waals surface area contributed by atoms with Crippen LogP contribution >= 0.6 is 0 Å². The van der Waals surface area contributed by atoms with Crippen LogP contribution in [0.3, 0.4) is 0 Å². The van der Waals surface area contributed by atoms with Gasteiger partial charge in [-0.3, -0.25) is 0 Å². The molecule has 0 fully saturated rings. The molecule has 0 aliphatic rings. The van der Waals surface area contributed by atoms with Gasteiger partial charge in [0.15, 0.2) is 0 Å². The van der Waals surface area contributed by atoms with Crippen LogP contribution in [0.2, 0.25) is 6.04 Å². The summed E-state index contributed by atoms with van der Waals surface area (Å²) in [5, 5.41) is 2.60. The Labute approximate surface area is 116 Å². The smallest absolute Gasteiger partial charge is 0.313 e. The molecule has 0 amide bonds. The minimum Gasteiger partial charge on any atom is -0.539 e. The van der Waals surface area contributed by atoms with E-state index in [4.69, 9.17) is 4.43 Å². The van der Waals surface area contributed by atoms with Crippen LogP contribution in [-0.4, -0.2) is 8.32 Å². The molecule has 0 heterocycles. The average Bonchev–Trinajstić information content (AvgIpc) is 2.46. The van der Waals surface area contributed by atoms with E-state index in [0.717, 1.165) is 11.8 Å². The van der Waals surface area contributed by atoms with Crippen LogP contribution in [0, 0.1) is 0 Å². The van der Waals surface area contributed by atoms with E-state index in [1.54, 1.807) is 0 Å². The first-order chi connectivity index (χ1) is 9.19. The fourth-order valence-electron chi connectivity index (χ4n) is 2.48. The Bertz CT molecular complexity index is 494. The summed E-state index contributed by atoms with van der Waals surface area (Å²) in [7, 11) is -2.18. The standard InChI is InChI=1S/C17H20OSi/c1-4-19(18-15(2)3,16-11-7-5-8-12-16)17-13-9-6-10-14-17/h5-14H,2,4H2,1,3H3. The van der Waals surface area contributed by atoms with Gasteiger partial charge >= 0.3 is 8.32 Å². The summed E-state index contributed by atoms with van der Waals surface area (Å²) in [6.07, 6.45) is 0. The molecule has 0 aliphatic heterocycles. The highest BCUT2D eigenvalue weighted by atomic mass is 28.4. The van der Waals surface area contributed by atoms with Gasteiger partial charge < -0.3 is 4.43 Å². The van der Waals surface area contributed by atoms with E-state index in [9.17, 15) is 0 Å². The summed E-state index contributed by atoms with van der Waals surface area (Å²) in [5.41, 5.74) is 0. The molecular formula is C17H20OSi. The number of hydrogen-bond acceptors (Lipinski definition) is 1. The lowest BCUT2D eigenvalue weighted by molar-refractivity contribution is 0.432. The molecule has 19 heavy (non-hydrogen) atoms. The van der Waals surface area contributed by atoms with Gasteiger partial charge in [0.2, 0.25) is 0 Å². The molecule has 0 radical (unpaired) electrons. The van der Waals surface area contributed by atoms with E-state index < -0.39 is 8.32 Å². The lowest BCUT2D eigenvalue weighted by Gasteiger charge is -2.32. The van der Waals surface area contributed by atoms with Gasteiger partial charge in [0, 0.05) is 0 Å². The number of rotatable bonds is 5. The van der Waals surface area contributed by atoms with E-state index in [0.29, 0.717) is 0 Å². The van der Waals surface area contributed by atoms with Gasteiger partial charge in [0.05, 0.1) is 5.76 Å². The first-order valence-corrected chi connectivity index (χ1v) is 8.76. The topological polar surface area (TPSA) is 9.23 Å². The molecule has 0 aliphatic carbocycles. The van der Waals surface area contributed by atoms with Crippen LogP contribution in [0.25, 0.3) is 0 Å². The quantitative estimate of drug-likeness (QED) is 0.597. The van der Waals surface area contributed by atoms with Gasteiger partial charge in [-0.25, -0.2) is 0 Å². The summed E-state index contributed by atoms with van der Waals surface area (Å²) in [4.78, 5) is 0. The lowest BCUT2D eigenvalue weighted by atomic mass is 10.4. The highest BCUT2D eigenvalue weighted by Crippen LogP contribution is 2.16. The summed E-state index contributed by atoms with van der Waals surface area (Å²) >= 11 is 0. The molecule has 0 bridgehead atoms. The molecule has 98 valence electrons. The molecule has 0 saturated heterocycles. The van der Waals surface area contributed by atoms with E-state index >= 15 is 0 Å². The molecule has 2 aromatic rings. The Morgan fingerprint density at radius 1 is 0.947 bits per heavy atom. The van der Waals surface area contributed by atoms with Crippen LogP contribution in [-0.2, 0) is 4.43 Å². The molecule has 0 saturated carbocycles. The van der Waals surface area contributed by atoms with Crippen LogP contribution in [0.1, 0.15) is 13.8 Å². The number of benzene rings is 2. The summed E-state index contributed by atoms with van der Waals surface area (Å²) in [6, 6.07) is 22.1. The third kappa shape index (κ3) is 2.79. The van der Waals surface area contributed by atoms with Gasteiger partial charge in [-0.1, -0.05) is 74.2 Å². The van der Waals surface area contributed by atoms with E-state index in [1.165, 1.54) is 10.4 Å². The van der Waals surface area contributed by atoms with Crippen molar-refractivity contribution in [2.45, 2.75) is 19.9 Å². The molecule has 0 aromatic heterocycles. The van der Waals surface area contributed by atoms with Crippen LogP contribution in [0.5, 0.6) is 0 Å². The Hall–Kier alpha value is -1.80. The van der Waals surface area contributed by atoms with Crippen molar-refractivity contribution in [3.05, 3.63) is 73.0 Å². The highest BCUT2D eigenvalue weighted by molar-refractivity contribution is 6.97. The highest BCUT2D eigenvalue weighted by Gasteiger charge is 2.39. The van der Waals surface area contributed by atoms with Crippen molar-refractivity contribution in [1.29, 1.82) is 0 Å². The third-order valence-electron chi connectivity index (χ3n) is 3.33. The van der Waals surface area contributed by atoms with Crippen molar-refractivity contribution in [2.75, 3.05) is 0 Å². The maximum Gasteiger partial charge on any atom is 0.313 e. The average molecular weight is 268 g/mol. The second kappa shape index (κ2) is 5.89. The van der Waals surface area contributed by atoms with Crippen molar-refractivity contribution in [1.82, 2.24) is 0 Å². The monoisotopic (exact) mass is 268 g/mol. The Morgan fingerprint density at radius 3 is 1.68 bits per heavy atom. The molecule has 0 unspecified atom stereocenters. The summed E-state index contributed by atoms with van der Waals surface area (Å²) in [6.45, 7) is 8.09. The minimum atomic E-state index is -2.18. The van der Waals surface area contributed by atoms with E-state index in [2.05, 4.69) is 62.0 Å². The molecule has 2 rings (SSSR count). The lowest BCUT2D eigenvalue weighted by Crippen LogP contribution is -2.59. The molecular weight excluding hydrogens is 248 g/mol. The Kier molecular flexibility index (Phi) is 4.22. The molecule has 1 nitrogen and oxygen atoms in total. The molecule has 2 heteroatoms. The fourth-order valence-corrected chi connectivity index (χ4v) is 6.06. The van der Waals surface area contributed by atoms with Gasteiger partial charge in [-0.2, -0.15) is 0 Å². The van der Waals surface area contributed by atoms with Crippen LogP contribution in [0.4, 0.5) is 0 Å². The second-order valence-electron chi connectivity index (χ2n) is 4.72. The minimum absolute atomic E-state index is 0.793. The second-order valence-corrected chi connectivity index (χ2v) is 8.44. The zero-order valence-corrected chi connectivity index (χ0v) is 12.6. The molecule has 2 aromatic carbocycles. The van der Waals surface area contributed by atoms with E-state index in [-0.39, 0.29) is 0 Å². The fraction of sp³-hybridized carbons (Fsp3) is 0.176. The first kappa shape index (κ1) is 13.6. The maximum absolute atomic E-state index is 6.30. The molecule has 0 spiro atoms. The predicted molar refractivity (Wildman–Crippen MR) is 84.3 cm³/mol. The number of allylic oxidation sites excluding steroid dienone is 1. The van der Waals surface area contributed by atoms with Crippen molar-refractivity contribution >= 4 is 18.7 Å². The summed E-state index contributed by atoms with van der Waals surface area (Å²) < 4.78 is 6.30. The predicted octanol–water partition coefficient (Wildman–Crippen LogP) is 3.32. The van der Waals surface area contributed by atoms with E-state index in [1.807, 2.05) is 19.1 Å². The van der Waals surface area contributed by atoms with Crippen LogP contribution in [0.15, 0.2) is 73.0 Å².